The molecule has 2 aromatic rings. The molecule has 6 heteroatoms. The van der Waals surface area contributed by atoms with E-state index in [4.69, 9.17) is 0 Å². The molecule has 2 amide bonds. The molecule has 0 saturated heterocycles. The molecule has 0 saturated carbocycles. The third-order valence-corrected chi connectivity index (χ3v) is 5.57. The molecule has 1 heterocycles. The van der Waals surface area contributed by atoms with Crippen molar-refractivity contribution >= 4 is 17.5 Å². The standard InChI is InChI=1S/C25H31N3O3/c1-17(2)20-14-18(11-12-23(20)29)25(31)28-15-19-8-6-9-22(21(19)16-28)27(5)24(30)10-7-13-26(3)4/h6-12,14,17,29H,13,15-16H2,1-5H3/b10-7+. The monoisotopic (exact) mass is 421 g/mol. The lowest BCUT2D eigenvalue weighted by atomic mass is 9.99. The average molecular weight is 422 g/mol. The van der Waals surface area contributed by atoms with Gasteiger partial charge in [-0.1, -0.05) is 32.1 Å². The van der Waals surface area contributed by atoms with Gasteiger partial charge in [-0.15, -0.1) is 0 Å². The number of aromatic hydroxyl groups is 1. The number of fused-ring (bicyclic) bond motifs is 1. The van der Waals surface area contributed by atoms with Crippen LogP contribution in [0.25, 0.3) is 0 Å². The third-order valence-electron chi connectivity index (χ3n) is 5.57. The van der Waals surface area contributed by atoms with Crippen molar-refractivity contribution < 1.29 is 14.7 Å². The van der Waals surface area contributed by atoms with Crippen molar-refractivity contribution in [3.63, 3.8) is 0 Å². The van der Waals surface area contributed by atoms with Crippen LogP contribution in [0.1, 0.15) is 46.8 Å². The fourth-order valence-electron chi connectivity index (χ4n) is 3.79. The number of phenolic OH excluding ortho intramolecular Hbond substituents is 1. The number of hydrogen-bond acceptors (Lipinski definition) is 4. The van der Waals surface area contributed by atoms with E-state index in [0.717, 1.165) is 22.4 Å². The third kappa shape index (κ3) is 4.97. The largest absolute Gasteiger partial charge is 0.508 e. The van der Waals surface area contributed by atoms with Gasteiger partial charge in [0.2, 0.25) is 5.91 Å². The molecule has 0 atom stereocenters. The van der Waals surface area contributed by atoms with Gasteiger partial charge in [-0.2, -0.15) is 0 Å². The molecule has 0 unspecified atom stereocenters. The summed E-state index contributed by atoms with van der Waals surface area (Å²) in [4.78, 5) is 31.2. The Kier molecular flexibility index (Phi) is 6.81. The zero-order valence-corrected chi connectivity index (χ0v) is 18.9. The topological polar surface area (TPSA) is 64.1 Å². The first-order valence-corrected chi connectivity index (χ1v) is 10.5. The van der Waals surface area contributed by atoms with Gasteiger partial charge < -0.3 is 19.8 Å². The van der Waals surface area contributed by atoms with E-state index in [1.165, 1.54) is 0 Å². The van der Waals surface area contributed by atoms with Crippen molar-refractivity contribution in [2.75, 3.05) is 32.6 Å². The maximum absolute atomic E-state index is 13.2. The van der Waals surface area contributed by atoms with Crippen LogP contribution >= 0.6 is 0 Å². The lowest BCUT2D eigenvalue weighted by molar-refractivity contribution is -0.113. The molecule has 6 nitrogen and oxygen atoms in total. The maximum Gasteiger partial charge on any atom is 0.254 e. The first-order valence-electron chi connectivity index (χ1n) is 10.5. The van der Waals surface area contributed by atoms with Crippen molar-refractivity contribution in [3.8, 4) is 5.75 Å². The molecule has 1 N–H and O–H groups in total. The Morgan fingerprint density at radius 2 is 1.87 bits per heavy atom. The van der Waals surface area contributed by atoms with Crippen LogP contribution in [0.2, 0.25) is 0 Å². The Morgan fingerprint density at radius 1 is 1.13 bits per heavy atom. The van der Waals surface area contributed by atoms with E-state index in [-0.39, 0.29) is 23.5 Å². The zero-order chi connectivity index (χ0) is 22.7. The Labute approximate surface area is 184 Å². The van der Waals surface area contributed by atoms with Crippen LogP contribution in [0.4, 0.5) is 5.69 Å². The first-order chi connectivity index (χ1) is 14.7. The Bertz CT molecular complexity index is 1010. The summed E-state index contributed by atoms with van der Waals surface area (Å²) < 4.78 is 0. The molecule has 1 aliphatic rings. The number of carbonyl (C=O) groups is 2. The second-order valence-electron chi connectivity index (χ2n) is 8.57. The Hall–Kier alpha value is -3.12. The van der Waals surface area contributed by atoms with Crippen molar-refractivity contribution in [1.29, 1.82) is 0 Å². The van der Waals surface area contributed by atoms with Crippen LogP contribution in [0.15, 0.2) is 48.6 Å². The van der Waals surface area contributed by atoms with Gasteiger partial charge in [-0.3, -0.25) is 9.59 Å². The highest BCUT2D eigenvalue weighted by Gasteiger charge is 2.28. The number of amides is 2. The minimum atomic E-state index is -0.0971. The molecular weight excluding hydrogens is 390 g/mol. The Morgan fingerprint density at radius 3 is 2.55 bits per heavy atom. The molecule has 0 radical (unpaired) electrons. The fourth-order valence-corrected chi connectivity index (χ4v) is 3.79. The van der Waals surface area contributed by atoms with E-state index in [1.54, 1.807) is 41.1 Å². The van der Waals surface area contributed by atoms with Gasteiger partial charge in [0.25, 0.3) is 5.91 Å². The summed E-state index contributed by atoms with van der Waals surface area (Å²) in [6.07, 6.45) is 3.43. The number of nitrogens with zero attached hydrogens (tertiary/aromatic N) is 3. The summed E-state index contributed by atoms with van der Waals surface area (Å²) in [5.74, 6) is 0.153. The second kappa shape index (κ2) is 9.35. The van der Waals surface area contributed by atoms with Crippen LogP contribution in [-0.4, -0.2) is 54.4 Å². The molecule has 1 aliphatic heterocycles. The van der Waals surface area contributed by atoms with E-state index in [1.807, 2.05) is 57.1 Å². The second-order valence-corrected chi connectivity index (χ2v) is 8.57. The van der Waals surface area contributed by atoms with Crippen LogP contribution in [0.5, 0.6) is 5.75 Å². The van der Waals surface area contributed by atoms with Gasteiger partial charge in [0.15, 0.2) is 0 Å². The van der Waals surface area contributed by atoms with Crippen LogP contribution in [0, 0.1) is 0 Å². The van der Waals surface area contributed by atoms with Crippen molar-refractivity contribution in [3.05, 3.63) is 70.8 Å². The molecule has 0 aliphatic carbocycles. The van der Waals surface area contributed by atoms with Crippen LogP contribution in [-0.2, 0) is 17.9 Å². The molecule has 31 heavy (non-hydrogen) atoms. The molecule has 0 bridgehead atoms. The van der Waals surface area contributed by atoms with Gasteiger partial charge in [0.05, 0.1) is 0 Å². The van der Waals surface area contributed by atoms with Gasteiger partial charge >= 0.3 is 0 Å². The van der Waals surface area contributed by atoms with Gasteiger partial charge in [0.1, 0.15) is 5.75 Å². The minimum absolute atomic E-state index is 0.0797. The van der Waals surface area contributed by atoms with Crippen molar-refractivity contribution in [2.24, 2.45) is 0 Å². The number of anilines is 1. The van der Waals surface area contributed by atoms with E-state index >= 15 is 0 Å². The predicted molar refractivity (Wildman–Crippen MR) is 123 cm³/mol. The smallest absolute Gasteiger partial charge is 0.254 e. The zero-order valence-electron chi connectivity index (χ0n) is 18.9. The lowest BCUT2D eigenvalue weighted by Crippen LogP contribution is -2.27. The summed E-state index contributed by atoms with van der Waals surface area (Å²) in [5, 5.41) is 10.1. The summed E-state index contributed by atoms with van der Waals surface area (Å²) in [6, 6.07) is 10.9. The van der Waals surface area contributed by atoms with Crippen LogP contribution < -0.4 is 4.90 Å². The Balaban J connectivity index is 1.80. The minimum Gasteiger partial charge on any atom is -0.508 e. The van der Waals surface area contributed by atoms with Crippen molar-refractivity contribution in [2.45, 2.75) is 32.9 Å². The van der Waals surface area contributed by atoms with E-state index in [2.05, 4.69) is 0 Å². The number of hydrogen-bond donors (Lipinski definition) is 1. The highest BCUT2D eigenvalue weighted by atomic mass is 16.3. The highest BCUT2D eigenvalue weighted by molar-refractivity contribution is 6.02. The fraction of sp³-hybridized carbons (Fsp3) is 0.360. The van der Waals surface area contributed by atoms with Gasteiger partial charge in [0, 0.05) is 49.6 Å². The number of carbonyl (C=O) groups excluding carboxylic acids is 2. The van der Waals surface area contributed by atoms with Gasteiger partial charge in [-0.25, -0.2) is 0 Å². The molecule has 164 valence electrons. The van der Waals surface area contributed by atoms with Crippen molar-refractivity contribution in [1.82, 2.24) is 9.80 Å². The van der Waals surface area contributed by atoms with Gasteiger partial charge in [-0.05, 0) is 55.4 Å². The lowest BCUT2D eigenvalue weighted by Gasteiger charge is -2.20. The van der Waals surface area contributed by atoms with E-state index < -0.39 is 0 Å². The summed E-state index contributed by atoms with van der Waals surface area (Å²) in [6.45, 7) is 5.61. The molecule has 2 aromatic carbocycles. The quantitative estimate of drug-likeness (QED) is 0.722. The average Bonchev–Trinajstić information content (AvgIpc) is 3.16. The normalized spacial score (nSPS) is 13.3. The number of likely N-dealkylation sites (N-methyl/N-ethyl adjacent to an activating group) is 2. The van der Waals surface area contributed by atoms with Crippen LogP contribution in [0.3, 0.4) is 0 Å². The summed E-state index contributed by atoms with van der Waals surface area (Å²) in [7, 11) is 5.66. The maximum atomic E-state index is 13.2. The number of phenols is 1. The van der Waals surface area contributed by atoms with E-state index in [9.17, 15) is 14.7 Å². The number of benzene rings is 2. The first kappa shape index (κ1) is 22.6. The molecular formula is C25H31N3O3. The highest BCUT2D eigenvalue weighted by Crippen LogP contribution is 2.33. The SMILES string of the molecule is CC(C)c1cc(C(=O)N2Cc3cccc(N(C)C(=O)/C=C/CN(C)C)c3C2)ccc1O. The molecule has 0 spiro atoms. The molecule has 0 aromatic heterocycles. The summed E-state index contributed by atoms with van der Waals surface area (Å²) >= 11 is 0. The summed E-state index contributed by atoms with van der Waals surface area (Å²) in [5.41, 5.74) is 4.19. The van der Waals surface area contributed by atoms with E-state index in [0.29, 0.717) is 25.2 Å². The molecule has 3 rings (SSSR count). The number of rotatable bonds is 6. The molecule has 0 fully saturated rings. The predicted octanol–water partition coefficient (Wildman–Crippen LogP) is 3.75.